The molecule has 1 aromatic carbocycles. The Labute approximate surface area is 101 Å². The summed E-state index contributed by atoms with van der Waals surface area (Å²) in [6.45, 7) is 1.82. The number of aliphatic hydroxyl groups is 1. The van der Waals surface area contributed by atoms with E-state index in [1.165, 1.54) is 6.07 Å². The predicted octanol–water partition coefficient (Wildman–Crippen LogP) is 1.49. The summed E-state index contributed by atoms with van der Waals surface area (Å²) in [5, 5.41) is 12.0. The average molecular weight is 239 g/mol. The van der Waals surface area contributed by atoms with Crippen molar-refractivity contribution < 1.29 is 14.2 Å². The molecule has 1 aromatic rings. The average Bonchev–Trinajstić information content (AvgIpc) is 2.34. The Morgan fingerprint density at radius 2 is 2.35 bits per heavy atom. The summed E-state index contributed by atoms with van der Waals surface area (Å²) in [5.41, 5.74) is 0.791. The first kappa shape index (κ1) is 12.3. The number of rotatable bonds is 4. The van der Waals surface area contributed by atoms with Gasteiger partial charge in [0.1, 0.15) is 6.10 Å². The maximum Gasteiger partial charge on any atom is 0.165 e. The molecule has 17 heavy (non-hydrogen) atoms. The van der Waals surface area contributed by atoms with Crippen LogP contribution in [0.15, 0.2) is 18.2 Å². The van der Waals surface area contributed by atoms with Gasteiger partial charge in [-0.15, -0.1) is 0 Å². The number of piperidine rings is 1. The highest BCUT2D eigenvalue weighted by Crippen LogP contribution is 2.21. The minimum atomic E-state index is -0.346. The Balaban J connectivity index is 2.00. The minimum absolute atomic E-state index is 0.0339. The third-order valence-electron chi connectivity index (χ3n) is 2.94. The molecule has 0 radical (unpaired) electrons. The van der Waals surface area contributed by atoms with Gasteiger partial charge in [-0.1, -0.05) is 6.07 Å². The second-order valence-corrected chi connectivity index (χ2v) is 4.32. The van der Waals surface area contributed by atoms with Crippen LogP contribution in [-0.2, 0) is 6.42 Å². The van der Waals surface area contributed by atoms with Crippen LogP contribution in [0.1, 0.15) is 18.4 Å². The van der Waals surface area contributed by atoms with Crippen molar-refractivity contribution in [2.24, 2.45) is 0 Å². The second kappa shape index (κ2) is 5.98. The number of nitrogens with one attached hydrogen (secondary N) is 1. The van der Waals surface area contributed by atoms with Crippen molar-refractivity contribution >= 4 is 0 Å². The third kappa shape index (κ3) is 3.41. The van der Waals surface area contributed by atoms with E-state index in [1.54, 1.807) is 12.1 Å². The molecule has 1 saturated heterocycles. The van der Waals surface area contributed by atoms with Crippen molar-refractivity contribution in [3.63, 3.8) is 0 Å². The van der Waals surface area contributed by atoms with E-state index in [9.17, 15) is 4.39 Å². The maximum absolute atomic E-state index is 13.7. The molecule has 0 aromatic heterocycles. The van der Waals surface area contributed by atoms with E-state index in [0.717, 1.165) is 31.5 Å². The molecule has 0 bridgehead atoms. The molecule has 94 valence electrons. The summed E-state index contributed by atoms with van der Waals surface area (Å²) < 4.78 is 19.3. The van der Waals surface area contributed by atoms with Crippen LogP contribution in [0.25, 0.3) is 0 Å². The lowest BCUT2D eigenvalue weighted by Crippen LogP contribution is -2.37. The number of halogens is 1. The van der Waals surface area contributed by atoms with Crippen molar-refractivity contribution in [1.82, 2.24) is 5.32 Å². The Morgan fingerprint density at radius 1 is 1.47 bits per heavy atom. The summed E-state index contributed by atoms with van der Waals surface area (Å²) in [5.74, 6) is -0.0399. The van der Waals surface area contributed by atoms with Gasteiger partial charge < -0.3 is 15.2 Å². The van der Waals surface area contributed by atoms with Crippen LogP contribution in [0.5, 0.6) is 5.75 Å². The van der Waals surface area contributed by atoms with Gasteiger partial charge in [-0.05, 0) is 43.5 Å². The third-order valence-corrected chi connectivity index (χ3v) is 2.94. The van der Waals surface area contributed by atoms with Crippen LogP contribution in [0, 0.1) is 5.82 Å². The normalized spacial score (nSPS) is 20.2. The molecule has 1 aliphatic heterocycles. The quantitative estimate of drug-likeness (QED) is 0.836. The Kier molecular flexibility index (Phi) is 4.34. The number of hydrogen-bond donors (Lipinski definition) is 2. The van der Waals surface area contributed by atoms with Crippen molar-refractivity contribution in [3.05, 3.63) is 29.6 Å². The van der Waals surface area contributed by atoms with Gasteiger partial charge in [-0.3, -0.25) is 0 Å². The lowest BCUT2D eigenvalue weighted by Gasteiger charge is -2.24. The zero-order valence-corrected chi connectivity index (χ0v) is 9.79. The number of benzene rings is 1. The van der Waals surface area contributed by atoms with Gasteiger partial charge in [0, 0.05) is 13.2 Å². The predicted molar refractivity (Wildman–Crippen MR) is 63.7 cm³/mol. The molecule has 0 amide bonds. The molecule has 2 rings (SSSR count). The highest BCUT2D eigenvalue weighted by Gasteiger charge is 2.16. The largest absolute Gasteiger partial charge is 0.486 e. The Morgan fingerprint density at radius 3 is 3.00 bits per heavy atom. The van der Waals surface area contributed by atoms with E-state index in [1.807, 2.05) is 0 Å². The topological polar surface area (TPSA) is 41.5 Å². The van der Waals surface area contributed by atoms with Gasteiger partial charge in [0.05, 0.1) is 0 Å². The van der Waals surface area contributed by atoms with E-state index in [0.29, 0.717) is 12.2 Å². The maximum atomic E-state index is 13.7. The molecule has 0 aliphatic carbocycles. The molecule has 1 atom stereocenters. The van der Waals surface area contributed by atoms with Crippen LogP contribution < -0.4 is 10.1 Å². The molecule has 4 heteroatoms. The SMILES string of the molecule is OCCc1ccc(OC2CCCNC2)c(F)c1. The molecule has 1 aliphatic rings. The van der Waals surface area contributed by atoms with Crippen molar-refractivity contribution in [3.8, 4) is 5.75 Å². The van der Waals surface area contributed by atoms with Crippen molar-refractivity contribution in [1.29, 1.82) is 0 Å². The summed E-state index contributed by atoms with van der Waals surface area (Å²) in [6, 6.07) is 4.88. The van der Waals surface area contributed by atoms with E-state index >= 15 is 0 Å². The second-order valence-electron chi connectivity index (χ2n) is 4.32. The van der Waals surface area contributed by atoms with Gasteiger partial charge >= 0.3 is 0 Å². The number of hydrogen-bond acceptors (Lipinski definition) is 3. The molecule has 1 unspecified atom stereocenters. The van der Waals surface area contributed by atoms with Crippen LogP contribution in [0.2, 0.25) is 0 Å². The fraction of sp³-hybridized carbons (Fsp3) is 0.538. The summed E-state index contributed by atoms with van der Waals surface area (Å²) in [6.07, 6.45) is 2.56. The molecule has 0 saturated carbocycles. The van der Waals surface area contributed by atoms with E-state index in [-0.39, 0.29) is 18.5 Å². The van der Waals surface area contributed by atoms with E-state index in [2.05, 4.69) is 5.32 Å². The van der Waals surface area contributed by atoms with Gasteiger partial charge in [0.15, 0.2) is 11.6 Å². The number of ether oxygens (including phenoxy) is 1. The van der Waals surface area contributed by atoms with Gasteiger partial charge in [-0.25, -0.2) is 4.39 Å². The summed E-state index contributed by atoms with van der Waals surface area (Å²) in [4.78, 5) is 0. The molecule has 1 fully saturated rings. The summed E-state index contributed by atoms with van der Waals surface area (Å²) in [7, 11) is 0. The van der Waals surface area contributed by atoms with Gasteiger partial charge in [0.2, 0.25) is 0 Å². The smallest absolute Gasteiger partial charge is 0.165 e. The molecular formula is C13H18FNO2. The molecule has 1 heterocycles. The first-order valence-electron chi connectivity index (χ1n) is 6.06. The Hall–Kier alpha value is -1.13. The molecule has 0 spiro atoms. The standard InChI is InChI=1S/C13H18FNO2/c14-12-8-10(5-7-16)3-4-13(12)17-11-2-1-6-15-9-11/h3-4,8,11,15-16H,1-2,5-7,9H2. The monoisotopic (exact) mass is 239 g/mol. The first-order chi connectivity index (χ1) is 8.29. The lowest BCUT2D eigenvalue weighted by atomic mass is 10.1. The van der Waals surface area contributed by atoms with Crippen LogP contribution in [0.3, 0.4) is 0 Å². The van der Waals surface area contributed by atoms with Gasteiger partial charge in [0.25, 0.3) is 0 Å². The highest BCUT2D eigenvalue weighted by molar-refractivity contribution is 5.29. The van der Waals surface area contributed by atoms with E-state index in [4.69, 9.17) is 9.84 Å². The molecule has 3 nitrogen and oxygen atoms in total. The van der Waals surface area contributed by atoms with Gasteiger partial charge in [-0.2, -0.15) is 0 Å². The summed E-state index contributed by atoms with van der Waals surface area (Å²) >= 11 is 0. The van der Waals surface area contributed by atoms with Crippen LogP contribution in [-0.4, -0.2) is 30.9 Å². The molecular weight excluding hydrogens is 221 g/mol. The van der Waals surface area contributed by atoms with Crippen molar-refractivity contribution in [2.45, 2.75) is 25.4 Å². The fourth-order valence-electron chi connectivity index (χ4n) is 2.02. The zero-order valence-electron chi connectivity index (χ0n) is 9.79. The zero-order chi connectivity index (χ0) is 12.1. The number of aliphatic hydroxyl groups excluding tert-OH is 1. The fourth-order valence-corrected chi connectivity index (χ4v) is 2.02. The van der Waals surface area contributed by atoms with Crippen LogP contribution in [0.4, 0.5) is 4.39 Å². The Bertz CT molecular complexity index is 364. The first-order valence-corrected chi connectivity index (χ1v) is 6.06. The molecule has 2 N–H and O–H groups in total. The van der Waals surface area contributed by atoms with E-state index < -0.39 is 0 Å². The minimum Gasteiger partial charge on any atom is -0.486 e. The van der Waals surface area contributed by atoms with Crippen LogP contribution >= 0.6 is 0 Å². The highest BCUT2D eigenvalue weighted by atomic mass is 19.1. The van der Waals surface area contributed by atoms with Crippen molar-refractivity contribution in [2.75, 3.05) is 19.7 Å². The lowest BCUT2D eigenvalue weighted by molar-refractivity contribution is 0.160.